The lowest BCUT2D eigenvalue weighted by Gasteiger charge is -2.11. The van der Waals surface area contributed by atoms with E-state index in [-0.39, 0.29) is 0 Å². The Balaban J connectivity index is 1.26. The highest BCUT2D eigenvalue weighted by atomic mass is 32.1. The number of para-hydroxylation sites is 4. The van der Waals surface area contributed by atoms with Crippen LogP contribution in [0.3, 0.4) is 0 Å². The second-order valence-corrected chi connectivity index (χ2v) is 14.0. The zero-order valence-corrected chi connectivity index (χ0v) is 28.2. The lowest BCUT2D eigenvalue weighted by Crippen LogP contribution is -1.99. The normalized spacial score (nSPS) is 11.9. The highest BCUT2D eigenvalue weighted by Gasteiger charge is 2.23. The molecule has 0 aliphatic heterocycles. The summed E-state index contributed by atoms with van der Waals surface area (Å²) in [6.45, 7) is 0. The van der Waals surface area contributed by atoms with Gasteiger partial charge in [-0.3, -0.25) is 4.57 Å². The summed E-state index contributed by atoms with van der Waals surface area (Å²) in [4.78, 5) is 11.0. The van der Waals surface area contributed by atoms with Crippen molar-refractivity contribution in [2.75, 3.05) is 0 Å². The average molecular weight is 669 g/mol. The number of nitrogens with zero attached hydrogens (tertiary/aromatic N) is 4. The molecule has 0 bridgehead atoms. The predicted octanol–water partition coefficient (Wildman–Crippen LogP) is 12.4. The standard InChI is InChI=1S/C46H28N4S/c1-3-14-30(15-4-1)49-38-23-10-7-18-32(38)37-28-29(26-27-40(37)49)45-47-43(36-22-13-21-34-33-19-9-12-25-41(33)51-44(34)36)42-35-20-8-11-24-39(35)50(46(42)48-45)31-16-5-2-6-17-31/h1-28H. The molecule has 4 heterocycles. The summed E-state index contributed by atoms with van der Waals surface area (Å²) in [6.07, 6.45) is 0. The van der Waals surface area contributed by atoms with Crippen molar-refractivity contribution in [3.05, 3.63) is 170 Å². The molecule has 0 amide bonds. The first-order valence-electron chi connectivity index (χ1n) is 17.2. The number of rotatable bonds is 4. The molecule has 0 radical (unpaired) electrons. The van der Waals surface area contributed by atoms with E-state index in [1.54, 1.807) is 0 Å². The molecule has 4 aromatic heterocycles. The third-order valence-corrected chi connectivity index (χ3v) is 11.4. The zero-order valence-electron chi connectivity index (χ0n) is 27.4. The minimum Gasteiger partial charge on any atom is -0.309 e. The first-order valence-corrected chi connectivity index (χ1v) is 18.0. The fourth-order valence-electron chi connectivity index (χ4n) is 7.92. The van der Waals surface area contributed by atoms with Crippen LogP contribution in [0.4, 0.5) is 0 Å². The van der Waals surface area contributed by atoms with Gasteiger partial charge in [-0.15, -0.1) is 11.3 Å². The number of fused-ring (bicyclic) bond motifs is 9. The van der Waals surface area contributed by atoms with Crippen molar-refractivity contribution in [3.8, 4) is 34.0 Å². The van der Waals surface area contributed by atoms with Gasteiger partial charge in [-0.1, -0.05) is 109 Å². The van der Waals surface area contributed by atoms with Crippen LogP contribution in [-0.2, 0) is 0 Å². The van der Waals surface area contributed by atoms with Crippen LogP contribution in [-0.4, -0.2) is 19.1 Å². The van der Waals surface area contributed by atoms with Gasteiger partial charge in [0, 0.05) is 58.8 Å². The van der Waals surface area contributed by atoms with Gasteiger partial charge in [0.2, 0.25) is 0 Å². The van der Waals surface area contributed by atoms with Crippen LogP contribution in [0.5, 0.6) is 0 Å². The quantitative estimate of drug-likeness (QED) is 0.187. The van der Waals surface area contributed by atoms with E-state index in [4.69, 9.17) is 9.97 Å². The van der Waals surface area contributed by atoms with Gasteiger partial charge in [0.1, 0.15) is 5.65 Å². The molecule has 0 atom stereocenters. The topological polar surface area (TPSA) is 35.6 Å². The number of aromatic nitrogens is 4. The van der Waals surface area contributed by atoms with Crippen molar-refractivity contribution in [1.82, 2.24) is 19.1 Å². The van der Waals surface area contributed by atoms with Crippen LogP contribution < -0.4 is 0 Å². The molecule has 0 N–H and O–H groups in total. The van der Waals surface area contributed by atoms with Crippen molar-refractivity contribution < 1.29 is 0 Å². The summed E-state index contributed by atoms with van der Waals surface area (Å²) in [5.74, 6) is 0.703. The van der Waals surface area contributed by atoms with E-state index in [1.807, 2.05) is 11.3 Å². The van der Waals surface area contributed by atoms with E-state index in [9.17, 15) is 0 Å². The van der Waals surface area contributed by atoms with E-state index in [0.29, 0.717) is 5.82 Å². The lowest BCUT2D eigenvalue weighted by molar-refractivity contribution is 1.11. The fraction of sp³-hybridized carbons (Fsp3) is 0. The minimum atomic E-state index is 0.703. The first-order chi connectivity index (χ1) is 25.3. The Morgan fingerprint density at radius 1 is 0.431 bits per heavy atom. The highest BCUT2D eigenvalue weighted by Crippen LogP contribution is 2.44. The number of hydrogen-bond donors (Lipinski definition) is 0. The van der Waals surface area contributed by atoms with Crippen LogP contribution in [0.2, 0.25) is 0 Å². The molecule has 11 aromatic rings. The van der Waals surface area contributed by atoms with Crippen molar-refractivity contribution in [2.45, 2.75) is 0 Å². The van der Waals surface area contributed by atoms with Crippen LogP contribution in [0, 0.1) is 0 Å². The fourth-order valence-corrected chi connectivity index (χ4v) is 9.13. The zero-order chi connectivity index (χ0) is 33.5. The summed E-state index contributed by atoms with van der Waals surface area (Å²) in [6, 6.07) is 60.4. The van der Waals surface area contributed by atoms with Gasteiger partial charge in [-0.05, 0) is 60.7 Å². The SMILES string of the molecule is c1ccc(-n2c3ccccc3c3cc(-c4nc(-c5cccc6c5sc5ccccc56)c5c6ccccc6n(-c6ccccc6)c5n4)ccc32)cc1. The van der Waals surface area contributed by atoms with Crippen molar-refractivity contribution >= 4 is 75.3 Å². The van der Waals surface area contributed by atoms with Gasteiger partial charge in [-0.25, -0.2) is 9.97 Å². The molecule has 0 aliphatic carbocycles. The summed E-state index contributed by atoms with van der Waals surface area (Å²) >= 11 is 1.84. The Morgan fingerprint density at radius 2 is 1.04 bits per heavy atom. The Kier molecular flexibility index (Phi) is 6.09. The molecule has 7 aromatic carbocycles. The van der Waals surface area contributed by atoms with E-state index in [2.05, 4.69) is 179 Å². The third kappa shape index (κ3) is 4.19. The molecular weight excluding hydrogens is 641 g/mol. The van der Waals surface area contributed by atoms with Gasteiger partial charge < -0.3 is 4.57 Å². The Hall–Kier alpha value is -6.56. The largest absolute Gasteiger partial charge is 0.309 e. The van der Waals surface area contributed by atoms with Crippen LogP contribution in [0.25, 0.3) is 97.9 Å². The van der Waals surface area contributed by atoms with E-state index < -0.39 is 0 Å². The number of thiophene rings is 1. The molecule has 0 spiro atoms. The first kappa shape index (κ1) is 28.3. The summed E-state index contributed by atoms with van der Waals surface area (Å²) in [5, 5.41) is 7.10. The van der Waals surface area contributed by atoms with Gasteiger partial charge in [0.05, 0.1) is 27.6 Å². The summed E-state index contributed by atoms with van der Waals surface area (Å²) in [5.41, 5.74) is 9.60. The highest BCUT2D eigenvalue weighted by molar-refractivity contribution is 7.26. The maximum absolute atomic E-state index is 5.55. The summed E-state index contributed by atoms with van der Waals surface area (Å²) in [7, 11) is 0. The molecule has 0 saturated heterocycles. The van der Waals surface area contributed by atoms with Crippen molar-refractivity contribution in [1.29, 1.82) is 0 Å². The van der Waals surface area contributed by atoms with Crippen molar-refractivity contribution in [2.24, 2.45) is 0 Å². The Labute approximate surface area is 297 Å². The second-order valence-electron chi connectivity index (χ2n) is 13.0. The van der Waals surface area contributed by atoms with E-state index in [1.165, 1.54) is 36.5 Å². The average Bonchev–Trinajstić information content (AvgIpc) is 3.86. The minimum absolute atomic E-state index is 0.703. The molecule has 11 rings (SSSR count). The second kappa shape index (κ2) is 11.0. The van der Waals surface area contributed by atoms with Crippen LogP contribution in [0.15, 0.2) is 170 Å². The number of benzene rings is 7. The molecule has 238 valence electrons. The van der Waals surface area contributed by atoms with Gasteiger partial charge in [0.15, 0.2) is 5.82 Å². The molecule has 51 heavy (non-hydrogen) atoms. The van der Waals surface area contributed by atoms with Crippen LogP contribution >= 0.6 is 11.3 Å². The summed E-state index contributed by atoms with van der Waals surface area (Å²) < 4.78 is 7.16. The molecule has 0 aliphatic rings. The van der Waals surface area contributed by atoms with E-state index in [0.717, 1.165) is 55.6 Å². The molecule has 0 fully saturated rings. The van der Waals surface area contributed by atoms with Gasteiger partial charge in [-0.2, -0.15) is 0 Å². The lowest BCUT2D eigenvalue weighted by atomic mass is 10.0. The van der Waals surface area contributed by atoms with Gasteiger partial charge >= 0.3 is 0 Å². The molecule has 0 saturated carbocycles. The molecular formula is C46H28N4S. The maximum Gasteiger partial charge on any atom is 0.162 e. The molecule has 0 unspecified atom stereocenters. The van der Waals surface area contributed by atoms with E-state index >= 15 is 0 Å². The predicted molar refractivity (Wildman–Crippen MR) is 214 cm³/mol. The Morgan fingerprint density at radius 3 is 1.82 bits per heavy atom. The number of hydrogen-bond acceptors (Lipinski definition) is 3. The van der Waals surface area contributed by atoms with Gasteiger partial charge in [0.25, 0.3) is 0 Å². The van der Waals surface area contributed by atoms with Crippen LogP contribution in [0.1, 0.15) is 0 Å². The molecule has 4 nitrogen and oxygen atoms in total. The smallest absolute Gasteiger partial charge is 0.162 e. The molecule has 5 heteroatoms. The Bertz CT molecular complexity index is 3130. The maximum atomic E-state index is 5.55. The van der Waals surface area contributed by atoms with Crippen molar-refractivity contribution in [3.63, 3.8) is 0 Å². The monoisotopic (exact) mass is 668 g/mol. The third-order valence-electron chi connectivity index (χ3n) is 10.1.